The van der Waals surface area contributed by atoms with E-state index in [2.05, 4.69) is 0 Å². The van der Waals surface area contributed by atoms with Crippen LogP contribution in [-0.4, -0.2) is 12.6 Å². The average Bonchev–Trinajstić information content (AvgIpc) is 1.88. The van der Waals surface area contributed by atoms with Gasteiger partial charge in [-0.1, -0.05) is 6.92 Å². The van der Waals surface area contributed by atoms with Gasteiger partial charge in [-0.15, -0.1) is 0 Å². The molecule has 0 heterocycles. The van der Waals surface area contributed by atoms with Crippen LogP contribution in [0.25, 0.3) is 0 Å². The van der Waals surface area contributed by atoms with E-state index in [4.69, 9.17) is 10.5 Å². The molecule has 4 heteroatoms. The number of ether oxygens (including phenoxy) is 1. The summed E-state index contributed by atoms with van der Waals surface area (Å²) in [4.78, 5) is 11.1. The van der Waals surface area contributed by atoms with Gasteiger partial charge in [-0.2, -0.15) is 0 Å². The number of carbonyl (C=O) groups is 1. The summed E-state index contributed by atoms with van der Waals surface area (Å²) in [6, 6.07) is 0. The van der Waals surface area contributed by atoms with Gasteiger partial charge in [-0.3, -0.25) is 0 Å². The fourth-order valence-corrected chi connectivity index (χ4v) is 0.802. The van der Waals surface area contributed by atoms with E-state index >= 15 is 0 Å². The highest BCUT2D eigenvalue weighted by Crippen LogP contribution is 2.05. The minimum absolute atomic E-state index is 0. The molecule has 0 saturated heterocycles. The van der Waals surface area contributed by atoms with Crippen LogP contribution in [0.4, 0.5) is 0 Å². The zero-order chi connectivity index (χ0) is 8.85. The quantitative estimate of drug-likeness (QED) is 0.499. The smallest absolute Gasteiger partial charge is 0.335 e. The summed E-state index contributed by atoms with van der Waals surface area (Å²) >= 11 is 0. The SMILES string of the molecule is CCOC(=O)C(CC)=C(C)N.N. The van der Waals surface area contributed by atoms with E-state index in [0.717, 1.165) is 0 Å². The number of esters is 1. The second-order valence-electron chi connectivity index (χ2n) is 2.24. The second kappa shape index (κ2) is 6.67. The van der Waals surface area contributed by atoms with Crippen LogP contribution < -0.4 is 11.9 Å². The lowest BCUT2D eigenvalue weighted by Crippen LogP contribution is -2.11. The van der Waals surface area contributed by atoms with Gasteiger partial charge in [0.05, 0.1) is 12.2 Å². The molecule has 5 N–H and O–H groups in total. The molecule has 0 spiro atoms. The van der Waals surface area contributed by atoms with Crippen molar-refractivity contribution in [3.8, 4) is 0 Å². The van der Waals surface area contributed by atoms with Crippen LogP contribution >= 0.6 is 0 Å². The molecule has 0 rings (SSSR count). The molecule has 0 fully saturated rings. The van der Waals surface area contributed by atoms with E-state index in [9.17, 15) is 4.79 Å². The Morgan fingerprint density at radius 3 is 2.17 bits per heavy atom. The molecular formula is C8H18N2O2. The molecule has 0 unspecified atom stereocenters. The second-order valence-corrected chi connectivity index (χ2v) is 2.24. The maximum atomic E-state index is 11.1. The molecule has 0 saturated carbocycles. The molecule has 0 aromatic heterocycles. The predicted octanol–water partition coefficient (Wildman–Crippen LogP) is 1.35. The summed E-state index contributed by atoms with van der Waals surface area (Å²) in [5, 5.41) is 0. The lowest BCUT2D eigenvalue weighted by Gasteiger charge is -2.05. The van der Waals surface area contributed by atoms with Crippen molar-refractivity contribution in [1.82, 2.24) is 6.15 Å². The van der Waals surface area contributed by atoms with Crippen molar-refractivity contribution in [2.24, 2.45) is 5.73 Å². The molecule has 72 valence electrons. The number of rotatable bonds is 3. The minimum atomic E-state index is -0.296. The summed E-state index contributed by atoms with van der Waals surface area (Å²) < 4.78 is 4.78. The fourth-order valence-electron chi connectivity index (χ4n) is 0.802. The van der Waals surface area contributed by atoms with E-state index in [1.54, 1.807) is 13.8 Å². The molecular weight excluding hydrogens is 156 g/mol. The van der Waals surface area contributed by atoms with Crippen molar-refractivity contribution in [3.05, 3.63) is 11.3 Å². The maximum absolute atomic E-state index is 11.1. The van der Waals surface area contributed by atoms with E-state index in [-0.39, 0.29) is 12.1 Å². The van der Waals surface area contributed by atoms with Crippen molar-refractivity contribution >= 4 is 5.97 Å². The zero-order valence-corrected chi connectivity index (χ0v) is 8.02. The van der Waals surface area contributed by atoms with E-state index < -0.39 is 0 Å². The molecule has 0 amide bonds. The maximum Gasteiger partial charge on any atom is 0.335 e. The van der Waals surface area contributed by atoms with Crippen LogP contribution in [-0.2, 0) is 9.53 Å². The molecule has 0 aliphatic carbocycles. The van der Waals surface area contributed by atoms with Gasteiger partial charge in [-0.05, 0) is 20.3 Å². The number of hydrogen-bond acceptors (Lipinski definition) is 4. The van der Waals surface area contributed by atoms with Gasteiger partial charge in [0, 0.05) is 5.70 Å². The lowest BCUT2D eigenvalue weighted by molar-refractivity contribution is -0.138. The van der Waals surface area contributed by atoms with Gasteiger partial charge in [0.25, 0.3) is 0 Å². The first-order valence-corrected chi connectivity index (χ1v) is 3.75. The first-order chi connectivity index (χ1) is 5.13. The third-order valence-corrected chi connectivity index (χ3v) is 1.35. The van der Waals surface area contributed by atoms with Crippen LogP contribution in [0.15, 0.2) is 11.3 Å². The number of nitrogens with two attached hydrogens (primary N) is 1. The van der Waals surface area contributed by atoms with Gasteiger partial charge in [0.15, 0.2) is 0 Å². The Bertz CT molecular complexity index is 172. The van der Waals surface area contributed by atoms with Crippen molar-refractivity contribution in [3.63, 3.8) is 0 Å². The molecule has 12 heavy (non-hydrogen) atoms. The third-order valence-electron chi connectivity index (χ3n) is 1.35. The third kappa shape index (κ3) is 3.98. The Labute approximate surface area is 73.4 Å². The highest BCUT2D eigenvalue weighted by Gasteiger charge is 2.09. The molecule has 0 aromatic rings. The molecule has 0 bridgehead atoms. The van der Waals surface area contributed by atoms with Gasteiger partial charge in [0.2, 0.25) is 0 Å². The molecule has 4 nitrogen and oxygen atoms in total. The van der Waals surface area contributed by atoms with Crippen molar-refractivity contribution in [1.29, 1.82) is 0 Å². The van der Waals surface area contributed by atoms with Crippen LogP contribution in [0.2, 0.25) is 0 Å². The van der Waals surface area contributed by atoms with Crippen LogP contribution in [0, 0.1) is 0 Å². The van der Waals surface area contributed by atoms with E-state index in [1.165, 1.54) is 0 Å². The number of allylic oxidation sites excluding steroid dienone is 1. The van der Waals surface area contributed by atoms with Gasteiger partial charge >= 0.3 is 5.97 Å². The summed E-state index contributed by atoms with van der Waals surface area (Å²) in [7, 11) is 0. The standard InChI is InChI=1S/C8H15NO2.H3N/c1-4-7(6(3)9)8(10)11-5-2;/h4-5,9H2,1-3H3;1H3. The Hall–Kier alpha value is -1.03. The average molecular weight is 174 g/mol. The van der Waals surface area contributed by atoms with Crippen LogP contribution in [0.5, 0.6) is 0 Å². The van der Waals surface area contributed by atoms with E-state index in [1.807, 2.05) is 6.92 Å². The van der Waals surface area contributed by atoms with Crippen LogP contribution in [0.3, 0.4) is 0 Å². The Balaban J connectivity index is 0. The summed E-state index contributed by atoms with van der Waals surface area (Å²) in [5.74, 6) is -0.296. The summed E-state index contributed by atoms with van der Waals surface area (Å²) in [6.07, 6.45) is 0.626. The van der Waals surface area contributed by atoms with E-state index in [0.29, 0.717) is 24.3 Å². The summed E-state index contributed by atoms with van der Waals surface area (Å²) in [5.41, 5.74) is 6.58. The molecule has 0 aliphatic rings. The fraction of sp³-hybridized carbons (Fsp3) is 0.625. The van der Waals surface area contributed by atoms with Gasteiger partial charge < -0.3 is 16.6 Å². The van der Waals surface area contributed by atoms with Gasteiger partial charge in [0.1, 0.15) is 0 Å². The molecule has 0 atom stereocenters. The monoisotopic (exact) mass is 174 g/mol. The Morgan fingerprint density at radius 2 is 1.92 bits per heavy atom. The van der Waals surface area contributed by atoms with Crippen molar-refractivity contribution in [2.45, 2.75) is 27.2 Å². The lowest BCUT2D eigenvalue weighted by atomic mass is 10.2. The Morgan fingerprint density at radius 1 is 1.42 bits per heavy atom. The van der Waals surface area contributed by atoms with Crippen molar-refractivity contribution in [2.75, 3.05) is 6.61 Å². The largest absolute Gasteiger partial charge is 0.463 e. The highest BCUT2D eigenvalue weighted by atomic mass is 16.5. The first kappa shape index (κ1) is 13.6. The molecule has 0 aliphatic heterocycles. The highest BCUT2D eigenvalue weighted by molar-refractivity contribution is 5.88. The molecule has 0 radical (unpaired) electrons. The number of carbonyl (C=O) groups excluding carboxylic acids is 1. The first-order valence-electron chi connectivity index (χ1n) is 3.75. The summed E-state index contributed by atoms with van der Waals surface area (Å²) in [6.45, 7) is 5.75. The van der Waals surface area contributed by atoms with Crippen LogP contribution in [0.1, 0.15) is 27.2 Å². The van der Waals surface area contributed by atoms with Crippen molar-refractivity contribution < 1.29 is 9.53 Å². The zero-order valence-electron chi connectivity index (χ0n) is 8.02. The topological polar surface area (TPSA) is 87.3 Å². The molecule has 0 aromatic carbocycles. The van der Waals surface area contributed by atoms with Gasteiger partial charge in [-0.25, -0.2) is 4.79 Å². The minimum Gasteiger partial charge on any atom is -0.463 e. The number of hydrogen-bond donors (Lipinski definition) is 2. The normalized spacial score (nSPS) is 11.2. The predicted molar refractivity (Wildman–Crippen MR) is 48.8 cm³/mol. The Kier molecular flexibility index (Phi) is 7.53.